The molecule has 7 heteroatoms. The van der Waals surface area contributed by atoms with Crippen LogP contribution in [0.1, 0.15) is 10.4 Å². The average Bonchev–Trinajstić information content (AvgIpc) is 2.45. The van der Waals surface area contributed by atoms with Crippen molar-refractivity contribution in [3.8, 4) is 11.5 Å². The van der Waals surface area contributed by atoms with Crippen LogP contribution in [-0.2, 0) is 14.6 Å². The predicted molar refractivity (Wildman–Crippen MR) is 85.1 cm³/mol. The Hall–Kier alpha value is -1.86. The summed E-state index contributed by atoms with van der Waals surface area (Å²) in [5.41, 5.74) is 0.347. The maximum atomic E-state index is 11.6. The van der Waals surface area contributed by atoms with Crippen LogP contribution in [0, 0.1) is 0 Å². The van der Waals surface area contributed by atoms with Crippen molar-refractivity contribution >= 4 is 31.7 Å². The largest absolute Gasteiger partial charge is 0.465 e. The number of ether oxygens (including phenoxy) is 2. The van der Waals surface area contributed by atoms with Crippen molar-refractivity contribution < 1.29 is 22.7 Å². The van der Waals surface area contributed by atoms with Gasteiger partial charge in [0, 0.05) is 10.7 Å². The smallest absolute Gasteiger partial charge is 0.338 e. The molecule has 2 aromatic rings. The number of esters is 1. The number of hydrogen-bond donors (Lipinski definition) is 0. The van der Waals surface area contributed by atoms with Gasteiger partial charge in [-0.15, -0.1) is 0 Å². The van der Waals surface area contributed by atoms with Gasteiger partial charge in [0.25, 0.3) is 0 Å². The van der Waals surface area contributed by atoms with Gasteiger partial charge in [-0.2, -0.15) is 0 Å². The molecule has 0 fully saturated rings. The summed E-state index contributed by atoms with van der Waals surface area (Å²) in [7, 11) is -1.95. The maximum Gasteiger partial charge on any atom is 0.338 e. The lowest BCUT2D eigenvalue weighted by Gasteiger charge is -2.08. The van der Waals surface area contributed by atoms with E-state index in [1.807, 2.05) is 0 Å². The van der Waals surface area contributed by atoms with E-state index in [0.717, 1.165) is 6.26 Å². The molecule has 0 unspecified atom stereocenters. The lowest BCUT2D eigenvalue weighted by molar-refractivity contribution is 0.0600. The molecule has 2 rings (SSSR count). The number of methoxy groups -OCH3 is 1. The molecule has 0 saturated carbocycles. The zero-order chi connectivity index (χ0) is 16.3. The normalized spacial score (nSPS) is 11.0. The van der Waals surface area contributed by atoms with Crippen LogP contribution in [-0.4, -0.2) is 27.8 Å². The van der Waals surface area contributed by atoms with E-state index in [-0.39, 0.29) is 4.90 Å². The Labute approximate surface area is 136 Å². The van der Waals surface area contributed by atoms with E-state index in [9.17, 15) is 13.2 Å². The number of carbonyl (C=O) groups is 1. The molecule has 0 bridgehead atoms. The molecule has 0 aliphatic rings. The van der Waals surface area contributed by atoms with Crippen molar-refractivity contribution in [3.05, 3.63) is 52.5 Å². The minimum absolute atomic E-state index is 0.212. The third-order valence-electron chi connectivity index (χ3n) is 2.78. The van der Waals surface area contributed by atoms with Crippen LogP contribution in [0.5, 0.6) is 11.5 Å². The molecule has 116 valence electrons. The molecule has 0 aliphatic carbocycles. The zero-order valence-corrected chi connectivity index (χ0v) is 14.3. The van der Waals surface area contributed by atoms with Gasteiger partial charge < -0.3 is 9.47 Å². The van der Waals surface area contributed by atoms with Crippen molar-refractivity contribution in [1.29, 1.82) is 0 Å². The Bertz CT molecular complexity index is 797. The maximum absolute atomic E-state index is 11.6. The Morgan fingerprint density at radius 1 is 1.05 bits per heavy atom. The van der Waals surface area contributed by atoms with Crippen LogP contribution in [0.3, 0.4) is 0 Å². The second-order valence-electron chi connectivity index (χ2n) is 4.51. The summed E-state index contributed by atoms with van der Waals surface area (Å²) in [6, 6.07) is 10.9. The second-order valence-corrected chi connectivity index (χ2v) is 7.44. The van der Waals surface area contributed by atoms with Gasteiger partial charge in [0.1, 0.15) is 11.5 Å². The molecule has 0 aliphatic heterocycles. The Morgan fingerprint density at radius 2 is 1.68 bits per heavy atom. The van der Waals surface area contributed by atoms with Crippen LogP contribution in [0.25, 0.3) is 0 Å². The number of benzene rings is 2. The summed E-state index contributed by atoms with van der Waals surface area (Å²) in [5, 5.41) is 0. The highest BCUT2D eigenvalue weighted by molar-refractivity contribution is 9.10. The molecule has 0 radical (unpaired) electrons. The minimum Gasteiger partial charge on any atom is -0.465 e. The summed E-state index contributed by atoms with van der Waals surface area (Å²) < 4.78 is 33.8. The third kappa shape index (κ3) is 4.08. The number of halogens is 1. The fraction of sp³-hybridized carbons (Fsp3) is 0.133. The van der Waals surface area contributed by atoms with E-state index in [1.165, 1.54) is 19.2 Å². The first kappa shape index (κ1) is 16.5. The second kappa shape index (κ2) is 6.50. The van der Waals surface area contributed by atoms with Gasteiger partial charge in [0.2, 0.25) is 0 Å². The van der Waals surface area contributed by atoms with Gasteiger partial charge in [-0.3, -0.25) is 0 Å². The third-order valence-corrected chi connectivity index (χ3v) is 4.37. The highest BCUT2D eigenvalue weighted by atomic mass is 79.9. The summed E-state index contributed by atoms with van der Waals surface area (Å²) in [4.78, 5) is 11.8. The van der Waals surface area contributed by atoms with E-state index in [4.69, 9.17) is 4.74 Å². The van der Waals surface area contributed by atoms with E-state index >= 15 is 0 Å². The van der Waals surface area contributed by atoms with Crippen LogP contribution in [0.15, 0.2) is 51.8 Å². The summed E-state index contributed by atoms with van der Waals surface area (Å²) >= 11 is 3.29. The van der Waals surface area contributed by atoms with Gasteiger partial charge in [-0.1, -0.05) is 15.9 Å². The SMILES string of the molecule is COC(=O)c1cc(Br)cc(Oc2ccc(S(C)(=O)=O)cc2)c1. The predicted octanol–water partition coefficient (Wildman–Crippen LogP) is 3.43. The van der Waals surface area contributed by atoms with Crippen LogP contribution in [0.4, 0.5) is 0 Å². The molecule has 22 heavy (non-hydrogen) atoms. The average molecular weight is 385 g/mol. The van der Waals surface area contributed by atoms with E-state index in [2.05, 4.69) is 20.7 Å². The highest BCUT2D eigenvalue weighted by Crippen LogP contribution is 2.27. The zero-order valence-electron chi connectivity index (χ0n) is 11.9. The quantitative estimate of drug-likeness (QED) is 0.755. The lowest BCUT2D eigenvalue weighted by Crippen LogP contribution is -2.01. The van der Waals surface area contributed by atoms with Crippen molar-refractivity contribution in [2.75, 3.05) is 13.4 Å². The number of hydrogen-bond acceptors (Lipinski definition) is 5. The summed E-state index contributed by atoms with van der Waals surface area (Å²) in [6.07, 6.45) is 1.14. The standard InChI is InChI=1S/C15H13BrO5S/c1-20-15(17)10-7-11(16)9-13(8-10)21-12-3-5-14(6-4-12)22(2,18)19/h3-9H,1-2H3. The Kier molecular flexibility index (Phi) is 4.87. The van der Waals surface area contributed by atoms with Crippen molar-refractivity contribution in [3.63, 3.8) is 0 Å². The van der Waals surface area contributed by atoms with Crippen molar-refractivity contribution in [2.24, 2.45) is 0 Å². The molecule has 0 spiro atoms. The van der Waals surface area contributed by atoms with Gasteiger partial charge in [-0.05, 0) is 42.5 Å². The number of rotatable bonds is 4. The van der Waals surface area contributed by atoms with E-state index in [1.54, 1.807) is 30.3 Å². The number of sulfone groups is 1. The van der Waals surface area contributed by atoms with Crippen LogP contribution < -0.4 is 4.74 Å². The Balaban J connectivity index is 2.27. The minimum atomic E-state index is -3.24. The fourth-order valence-corrected chi connectivity index (χ4v) is 2.85. The first-order chi connectivity index (χ1) is 10.3. The number of carbonyl (C=O) groups excluding carboxylic acids is 1. The van der Waals surface area contributed by atoms with E-state index < -0.39 is 15.8 Å². The highest BCUT2D eigenvalue weighted by Gasteiger charge is 2.10. The first-order valence-electron chi connectivity index (χ1n) is 6.16. The molecule has 5 nitrogen and oxygen atoms in total. The molecule has 0 heterocycles. The molecule has 0 saturated heterocycles. The summed E-state index contributed by atoms with van der Waals surface area (Å²) in [6.45, 7) is 0. The summed E-state index contributed by atoms with van der Waals surface area (Å²) in [5.74, 6) is 0.418. The topological polar surface area (TPSA) is 69.7 Å². The molecule has 2 aromatic carbocycles. The van der Waals surface area contributed by atoms with Crippen molar-refractivity contribution in [2.45, 2.75) is 4.90 Å². The molecule has 0 N–H and O–H groups in total. The van der Waals surface area contributed by atoms with E-state index in [0.29, 0.717) is 21.5 Å². The van der Waals surface area contributed by atoms with Gasteiger partial charge in [0.05, 0.1) is 17.6 Å². The molecular formula is C15H13BrO5S. The molecule has 0 atom stereocenters. The monoisotopic (exact) mass is 384 g/mol. The van der Waals surface area contributed by atoms with Gasteiger partial charge in [0.15, 0.2) is 9.84 Å². The Morgan fingerprint density at radius 3 is 2.23 bits per heavy atom. The molecule has 0 aromatic heterocycles. The van der Waals surface area contributed by atoms with Gasteiger partial charge in [-0.25, -0.2) is 13.2 Å². The van der Waals surface area contributed by atoms with Crippen LogP contribution in [0.2, 0.25) is 0 Å². The molecule has 0 amide bonds. The first-order valence-corrected chi connectivity index (χ1v) is 8.85. The molecular weight excluding hydrogens is 372 g/mol. The van der Waals surface area contributed by atoms with Crippen LogP contribution >= 0.6 is 15.9 Å². The van der Waals surface area contributed by atoms with Crippen molar-refractivity contribution in [1.82, 2.24) is 0 Å². The lowest BCUT2D eigenvalue weighted by atomic mass is 10.2. The van der Waals surface area contributed by atoms with Gasteiger partial charge >= 0.3 is 5.97 Å². The fourth-order valence-electron chi connectivity index (χ4n) is 1.75.